The van der Waals surface area contributed by atoms with Gasteiger partial charge in [0.15, 0.2) is 0 Å². The third-order valence-corrected chi connectivity index (χ3v) is 5.28. The number of hydrogen-bond acceptors (Lipinski definition) is 4. The molecule has 2 aromatic heterocycles. The number of nitrogens with one attached hydrogen (secondary N) is 1. The van der Waals surface area contributed by atoms with Crippen LogP contribution in [0, 0.1) is 13.8 Å². The Morgan fingerprint density at radius 2 is 1.91 bits per heavy atom. The van der Waals surface area contributed by atoms with Gasteiger partial charge >= 0.3 is 0 Å². The monoisotopic (exact) mass is 426 g/mol. The number of carbonyl (C=O) groups excluding carboxylic acids is 1. The van der Waals surface area contributed by atoms with Crippen molar-refractivity contribution in [2.75, 3.05) is 13.7 Å². The third kappa shape index (κ3) is 4.70. The van der Waals surface area contributed by atoms with Gasteiger partial charge in [0.25, 0.3) is 5.91 Å². The molecule has 4 rings (SSSR count). The SMILES string of the molecule is COc1cccc(-c2cc(C(=O)NCCc3ccccn3)n(-c3ccc(C)cc3C)n2)c1. The number of aromatic nitrogens is 3. The molecule has 0 saturated carbocycles. The van der Waals surface area contributed by atoms with Gasteiger partial charge in [-0.15, -0.1) is 0 Å². The molecular weight excluding hydrogens is 400 g/mol. The van der Waals surface area contributed by atoms with Gasteiger partial charge < -0.3 is 10.1 Å². The molecule has 0 radical (unpaired) electrons. The molecule has 0 unspecified atom stereocenters. The Bertz CT molecular complexity index is 1230. The quantitative estimate of drug-likeness (QED) is 0.471. The van der Waals surface area contributed by atoms with E-state index in [1.165, 1.54) is 0 Å². The third-order valence-electron chi connectivity index (χ3n) is 5.28. The molecule has 6 heteroatoms. The highest BCUT2D eigenvalue weighted by atomic mass is 16.5. The number of nitrogens with zero attached hydrogens (tertiary/aromatic N) is 3. The molecule has 4 aromatic rings. The molecule has 0 aliphatic rings. The summed E-state index contributed by atoms with van der Waals surface area (Å²) in [5.41, 5.74) is 6.10. The first-order chi connectivity index (χ1) is 15.5. The van der Waals surface area contributed by atoms with Crippen molar-refractivity contribution in [2.24, 2.45) is 0 Å². The molecule has 1 N–H and O–H groups in total. The molecule has 0 bridgehead atoms. The average Bonchev–Trinajstić information content (AvgIpc) is 3.25. The number of pyridine rings is 1. The van der Waals surface area contributed by atoms with E-state index in [-0.39, 0.29) is 5.91 Å². The van der Waals surface area contributed by atoms with Crippen LogP contribution in [0.15, 0.2) is 72.9 Å². The second-order valence-electron chi connectivity index (χ2n) is 7.68. The molecule has 0 fully saturated rings. The van der Waals surface area contributed by atoms with Crippen molar-refractivity contribution in [2.45, 2.75) is 20.3 Å². The van der Waals surface area contributed by atoms with Crippen LogP contribution in [0.25, 0.3) is 16.9 Å². The van der Waals surface area contributed by atoms with Gasteiger partial charge in [-0.25, -0.2) is 4.68 Å². The second-order valence-corrected chi connectivity index (χ2v) is 7.68. The number of methoxy groups -OCH3 is 1. The van der Waals surface area contributed by atoms with E-state index in [9.17, 15) is 4.79 Å². The lowest BCUT2D eigenvalue weighted by Crippen LogP contribution is -2.28. The summed E-state index contributed by atoms with van der Waals surface area (Å²) >= 11 is 0. The number of amides is 1. The summed E-state index contributed by atoms with van der Waals surface area (Å²) in [4.78, 5) is 17.5. The summed E-state index contributed by atoms with van der Waals surface area (Å²) in [6.45, 7) is 4.56. The summed E-state index contributed by atoms with van der Waals surface area (Å²) in [5.74, 6) is 0.562. The average molecular weight is 427 g/mol. The van der Waals surface area contributed by atoms with Crippen LogP contribution in [0.2, 0.25) is 0 Å². The molecular formula is C26H26N4O2. The minimum absolute atomic E-state index is 0.178. The summed E-state index contributed by atoms with van der Waals surface area (Å²) in [6.07, 6.45) is 2.42. The smallest absolute Gasteiger partial charge is 0.270 e. The minimum Gasteiger partial charge on any atom is -0.497 e. The Morgan fingerprint density at radius 3 is 2.66 bits per heavy atom. The minimum atomic E-state index is -0.178. The summed E-state index contributed by atoms with van der Waals surface area (Å²) in [5, 5.41) is 7.80. The van der Waals surface area contributed by atoms with Crippen LogP contribution in [-0.4, -0.2) is 34.3 Å². The standard InChI is InChI=1S/C26H26N4O2/c1-18-10-11-24(19(2)15-18)30-25(26(31)28-14-12-21-8-4-5-13-27-21)17-23(29-30)20-7-6-9-22(16-20)32-3/h4-11,13,15-17H,12,14H2,1-3H3,(H,28,31). The van der Waals surface area contributed by atoms with Gasteiger partial charge in [0, 0.05) is 30.4 Å². The van der Waals surface area contributed by atoms with Gasteiger partial charge in [0.2, 0.25) is 0 Å². The van der Waals surface area contributed by atoms with Gasteiger partial charge in [0.05, 0.1) is 18.5 Å². The number of rotatable bonds is 7. The Kier molecular flexibility index (Phi) is 6.31. The first-order valence-electron chi connectivity index (χ1n) is 10.6. The first-order valence-corrected chi connectivity index (χ1v) is 10.6. The highest BCUT2D eigenvalue weighted by Gasteiger charge is 2.19. The lowest BCUT2D eigenvalue weighted by molar-refractivity contribution is 0.0946. The maximum Gasteiger partial charge on any atom is 0.270 e. The molecule has 0 aliphatic heterocycles. The molecule has 32 heavy (non-hydrogen) atoms. The summed E-state index contributed by atoms with van der Waals surface area (Å²) in [7, 11) is 1.63. The summed E-state index contributed by atoms with van der Waals surface area (Å²) < 4.78 is 7.08. The zero-order valence-corrected chi connectivity index (χ0v) is 18.5. The van der Waals surface area contributed by atoms with Crippen LogP contribution in [0.1, 0.15) is 27.3 Å². The Hall–Kier alpha value is -3.93. The Labute approximate surface area is 187 Å². The van der Waals surface area contributed by atoms with Crippen LogP contribution >= 0.6 is 0 Å². The molecule has 162 valence electrons. The maximum atomic E-state index is 13.2. The van der Waals surface area contributed by atoms with E-state index >= 15 is 0 Å². The van der Waals surface area contributed by atoms with Crippen LogP contribution in [0.5, 0.6) is 5.75 Å². The van der Waals surface area contributed by atoms with E-state index in [2.05, 4.69) is 16.4 Å². The summed E-state index contributed by atoms with van der Waals surface area (Å²) in [6, 6.07) is 21.4. The van der Waals surface area contributed by atoms with Crippen molar-refractivity contribution in [3.05, 3.63) is 95.4 Å². The van der Waals surface area contributed by atoms with Crippen molar-refractivity contribution in [1.29, 1.82) is 0 Å². The zero-order chi connectivity index (χ0) is 22.5. The molecule has 2 aromatic carbocycles. The van der Waals surface area contributed by atoms with Gasteiger partial charge in [-0.2, -0.15) is 5.10 Å². The van der Waals surface area contributed by atoms with E-state index in [1.807, 2.05) is 74.5 Å². The fraction of sp³-hybridized carbons (Fsp3) is 0.192. The predicted octanol–water partition coefficient (Wildman–Crippen LogP) is 4.53. The van der Waals surface area contributed by atoms with Crippen molar-refractivity contribution >= 4 is 5.91 Å². The molecule has 2 heterocycles. The number of carbonyl (C=O) groups is 1. The van der Waals surface area contributed by atoms with E-state index in [1.54, 1.807) is 18.0 Å². The van der Waals surface area contributed by atoms with E-state index in [0.717, 1.165) is 33.8 Å². The van der Waals surface area contributed by atoms with Crippen LogP contribution in [0.4, 0.5) is 0 Å². The van der Waals surface area contributed by atoms with Crippen LogP contribution in [0.3, 0.4) is 0 Å². The van der Waals surface area contributed by atoms with Crippen LogP contribution < -0.4 is 10.1 Å². The molecule has 0 aliphatic carbocycles. The highest BCUT2D eigenvalue weighted by molar-refractivity contribution is 5.94. The maximum absolute atomic E-state index is 13.2. The molecule has 6 nitrogen and oxygen atoms in total. The van der Waals surface area contributed by atoms with E-state index in [4.69, 9.17) is 9.84 Å². The number of hydrogen-bond donors (Lipinski definition) is 1. The number of ether oxygens (including phenoxy) is 1. The molecule has 1 amide bonds. The Morgan fingerprint density at radius 1 is 1.03 bits per heavy atom. The van der Waals surface area contributed by atoms with Gasteiger partial charge in [-0.05, 0) is 55.8 Å². The lowest BCUT2D eigenvalue weighted by atomic mass is 10.1. The number of benzene rings is 2. The second kappa shape index (κ2) is 9.47. The molecule has 0 saturated heterocycles. The van der Waals surface area contributed by atoms with E-state index < -0.39 is 0 Å². The zero-order valence-electron chi connectivity index (χ0n) is 18.5. The van der Waals surface area contributed by atoms with Crippen molar-refractivity contribution in [1.82, 2.24) is 20.1 Å². The largest absolute Gasteiger partial charge is 0.497 e. The van der Waals surface area contributed by atoms with Crippen molar-refractivity contribution in [3.63, 3.8) is 0 Å². The Balaban J connectivity index is 1.67. The van der Waals surface area contributed by atoms with Crippen LogP contribution in [-0.2, 0) is 6.42 Å². The topological polar surface area (TPSA) is 69.0 Å². The normalized spacial score (nSPS) is 10.7. The first kappa shape index (κ1) is 21.3. The molecule has 0 spiro atoms. The lowest BCUT2D eigenvalue weighted by Gasteiger charge is -2.11. The van der Waals surface area contributed by atoms with E-state index in [0.29, 0.717) is 24.4 Å². The van der Waals surface area contributed by atoms with Crippen molar-refractivity contribution in [3.8, 4) is 22.7 Å². The number of aryl methyl sites for hydroxylation is 2. The van der Waals surface area contributed by atoms with Gasteiger partial charge in [-0.1, -0.05) is 35.9 Å². The van der Waals surface area contributed by atoms with Gasteiger partial charge in [-0.3, -0.25) is 9.78 Å². The fourth-order valence-corrected chi connectivity index (χ4v) is 3.63. The highest BCUT2D eigenvalue weighted by Crippen LogP contribution is 2.26. The fourth-order valence-electron chi connectivity index (χ4n) is 3.63. The van der Waals surface area contributed by atoms with Crippen molar-refractivity contribution < 1.29 is 9.53 Å². The predicted molar refractivity (Wildman–Crippen MR) is 125 cm³/mol. The van der Waals surface area contributed by atoms with Gasteiger partial charge in [0.1, 0.15) is 11.4 Å². The molecule has 0 atom stereocenters.